The molecule has 0 aliphatic heterocycles. The van der Waals surface area contributed by atoms with Gasteiger partial charge in [-0.1, -0.05) is 30.3 Å². The van der Waals surface area contributed by atoms with Crippen LogP contribution in [-0.4, -0.2) is 38.8 Å². The maximum atomic E-state index is 13.5. The van der Waals surface area contributed by atoms with Gasteiger partial charge in [0.2, 0.25) is 0 Å². The summed E-state index contributed by atoms with van der Waals surface area (Å²) in [5.74, 6) is 0.627. The zero-order valence-electron chi connectivity index (χ0n) is 18.6. The summed E-state index contributed by atoms with van der Waals surface area (Å²) in [5, 5.41) is 1.21. The summed E-state index contributed by atoms with van der Waals surface area (Å²) in [4.78, 5) is 27.7. The number of benzene rings is 2. The van der Waals surface area contributed by atoms with Gasteiger partial charge in [-0.3, -0.25) is 4.79 Å². The molecule has 0 saturated carbocycles. The van der Waals surface area contributed by atoms with Crippen molar-refractivity contribution in [1.29, 1.82) is 0 Å². The van der Waals surface area contributed by atoms with E-state index in [1.807, 2.05) is 43.1 Å². The fraction of sp³-hybridized carbons (Fsp3) is 0.269. The maximum Gasteiger partial charge on any atom is 0.257 e. The highest BCUT2D eigenvalue weighted by Gasteiger charge is 2.21. The summed E-state index contributed by atoms with van der Waals surface area (Å²) in [5.41, 5.74) is 6.94. The van der Waals surface area contributed by atoms with E-state index in [4.69, 9.17) is 0 Å². The number of hydrogen-bond donors (Lipinski definition) is 1. The van der Waals surface area contributed by atoms with E-state index < -0.39 is 0 Å². The van der Waals surface area contributed by atoms with Gasteiger partial charge in [-0.2, -0.15) is 0 Å². The van der Waals surface area contributed by atoms with Gasteiger partial charge in [0.1, 0.15) is 5.82 Å². The number of aromatic nitrogens is 3. The summed E-state index contributed by atoms with van der Waals surface area (Å²) in [6.07, 6.45) is 4.50. The summed E-state index contributed by atoms with van der Waals surface area (Å²) in [6.45, 7) is 9.29. The summed E-state index contributed by atoms with van der Waals surface area (Å²) in [7, 11) is 0. The Hall–Kier alpha value is -3.47. The van der Waals surface area contributed by atoms with Crippen molar-refractivity contribution in [3.63, 3.8) is 0 Å². The van der Waals surface area contributed by atoms with Crippen LogP contribution in [0.3, 0.4) is 0 Å². The van der Waals surface area contributed by atoms with E-state index in [2.05, 4.69) is 53.1 Å². The molecule has 2 aromatic heterocycles. The number of carbonyl (C=O) groups is 1. The molecule has 5 nitrogen and oxygen atoms in total. The third kappa shape index (κ3) is 4.22. The molecule has 0 unspecified atom stereocenters. The van der Waals surface area contributed by atoms with Gasteiger partial charge in [-0.05, 0) is 62.9 Å². The smallest absolute Gasteiger partial charge is 0.257 e. The predicted molar refractivity (Wildman–Crippen MR) is 125 cm³/mol. The molecule has 5 heteroatoms. The Labute approximate surface area is 183 Å². The number of fused-ring (bicyclic) bond motifs is 1. The highest BCUT2D eigenvalue weighted by Crippen LogP contribution is 2.25. The molecule has 2 heterocycles. The van der Waals surface area contributed by atoms with Gasteiger partial charge in [0.25, 0.3) is 5.91 Å². The van der Waals surface area contributed by atoms with Crippen LogP contribution in [0.25, 0.3) is 22.2 Å². The van der Waals surface area contributed by atoms with Gasteiger partial charge in [0.05, 0.1) is 11.3 Å². The second kappa shape index (κ2) is 8.72. The van der Waals surface area contributed by atoms with Gasteiger partial charge in [0.15, 0.2) is 0 Å². The quantitative estimate of drug-likeness (QED) is 0.470. The Morgan fingerprint density at radius 3 is 2.65 bits per heavy atom. The number of aromatic amines is 1. The van der Waals surface area contributed by atoms with E-state index >= 15 is 0 Å². The summed E-state index contributed by atoms with van der Waals surface area (Å²) in [6, 6.07) is 14.5. The normalized spacial score (nSPS) is 11.1. The Bertz CT molecular complexity index is 1240. The van der Waals surface area contributed by atoms with Crippen LogP contribution in [0, 0.1) is 20.8 Å². The fourth-order valence-corrected chi connectivity index (χ4v) is 3.90. The number of H-pyrrole nitrogens is 1. The van der Waals surface area contributed by atoms with Crippen molar-refractivity contribution in [2.45, 2.75) is 34.1 Å². The Balaban J connectivity index is 1.62. The number of amides is 1. The topological polar surface area (TPSA) is 61.9 Å². The second-order valence-electron chi connectivity index (χ2n) is 7.97. The number of aryl methyl sites for hydroxylation is 3. The molecule has 2 aromatic carbocycles. The molecule has 0 spiro atoms. The molecule has 0 aliphatic carbocycles. The lowest BCUT2D eigenvalue weighted by Gasteiger charge is -2.22. The monoisotopic (exact) mass is 412 g/mol. The lowest BCUT2D eigenvalue weighted by atomic mass is 10.0. The predicted octanol–water partition coefficient (Wildman–Crippen LogP) is 5.25. The third-order valence-electron chi connectivity index (χ3n) is 5.91. The molecule has 0 fully saturated rings. The number of carbonyl (C=O) groups excluding carboxylic acids is 1. The van der Waals surface area contributed by atoms with Gasteiger partial charge < -0.3 is 9.88 Å². The molecule has 31 heavy (non-hydrogen) atoms. The van der Waals surface area contributed by atoms with Crippen molar-refractivity contribution in [3.8, 4) is 11.3 Å². The molecule has 0 atom stereocenters. The van der Waals surface area contributed by atoms with E-state index in [0.717, 1.165) is 17.5 Å². The van der Waals surface area contributed by atoms with Crippen LogP contribution in [0.1, 0.15) is 39.8 Å². The molecule has 4 aromatic rings. The van der Waals surface area contributed by atoms with Crippen LogP contribution >= 0.6 is 0 Å². The van der Waals surface area contributed by atoms with Gasteiger partial charge in [0, 0.05) is 41.9 Å². The Morgan fingerprint density at radius 2 is 1.87 bits per heavy atom. The van der Waals surface area contributed by atoms with Crippen LogP contribution in [0.4, 0.5) is 0 Å². The number of para-hydroxylation sites is 1. The highest BCUT2D eigenvalue weighted by molar-refractivity contribution is 5.99. The largest absolute Gasteiger partial charge is 0.361 e. The Morgan fingerprint density at radius 1 is 1.06 bits per heavy atom. The van der Waals surface area contributed by atoms with Crippen LogP contribution in [0.5, 0.6) is 0 Å². The van der Waals surface area contributed by atoms with Crippen molar-refractivity contribution < 1.29 is 4.79 Å². The third-order valence-corrected chi connectivity index (χ3v) is 5.91. The zero-order chi connectivity index (χ0) is 22.0. The van der Waals surface area contributed by atoms with Gasteiger partial charge >= 0.3 is 0 Å². The minimum atomic E-state index is -0.0319. The van der Waals surface area contributed by atoms with Crippen molar-refractivity contribution in [2.24, 2.45) is 0 Å². The van der Waals surface area contributed by atoms with E-state index in [0.29, 0.717) is 30.2 Å². The van der Waals surface area contributed by atoms with Gasteiger partial charge in [-0.25, -0.2) is 9.97 Å². The molecule has 0 aliphatic rings. The highest BCUT2D eigenvalue weighted by atomic mass is 16.2. The van der Waals surface area contributed by atoms with Crippen molar-refractivity contribution in [1.82, 2.24) is 19.9 Å². The molecule has 1 N–H and O–H groups in total. The first kappa shape index (κ1) is 20.8. The molecular weight excluding hydrogens is 384 g/mol. The minimum absolute atomic E-state index is 0.0319. The molecule has 158 valence electrons. The van der Waals surface area contributed by atoms with Crippen molar-refractivity contribution >= 4 is 16.8 Å². The standard InChI is InChI=1S/C26H28N4O/c1-5-30(13-12-21-15-28-24-9-7-6-8-22(21)24)26(31)23-16-27-19(4)29-25(23)20-11-10-17(2)18(3)14-20/h6-11,14-16,28H,5,12-13H2,1-4H3. The molecule has 1 amide bonds. The van der Waals surface area contributed by atoms with E-state index in [1.54, 1.807) is 6.20 Å². The molecule has 0 bridgehead atoms. The van der Waals surface area contributed by atoms with E-state index in [-0.39, 0.29) is 5.91 Å². The van der Waals surface area contributed by atoms with E-state index in [1.165, 1.54) is 22.1 Å². The second-order valence-corrected chi connectivity index (χ2v) is 7.97. The molecule has 0 saturated heterocycles. The average Bonchev–Trinajstić information content (AvgIpc) is 3.19. The first-order chi connectivity index (χ1) is 15.0. The minimum Gasteiger partial charge on any atom is -0.361 e. The van der Waals surface area contributed by atoms with Crippen LogP contribution in [-0.2, 0) is 6.42 Å². The van der Waals surface area contributed by atoms with E-state index in [9.17, 15) is 4.79 Å². The number of likely N-dealkylation sites (N-methyl/N-ethyl adjacent to an activating group) is 1. The molecular formula is C26H28N4O. The number of nitrogens with zero attached hydrogens (tertiary/aromatic N) is 3. The SMILES string of the molecule is CCN(CCc1c[nH]c2ccccc12)C(=O)c1cnc(C)nc1-c1ccc(C)c(C)c1. The van der Waals surface area contributed by atoms with Crippen molar-refractivity contribution in [2.75, 3.05) is 13.1 Å². The zero-order valence-corrected chi connectivity index (χ0v) is 18.6. The van der Waals surface area contributed by atoms with Crippen LogP contribution in [0.15, 0.2) is 54.9 Å². The van der Waals surface area contributed by atoms with Crippen LogP contribution in [0.2, 0.25) is 0 Å². The average molecular weight is 413 g/mol. The Kier molecular flexibility index (Phi) is 5.85. The summed E-state index contributed by atoms with van der Waals surface area (Å²) < 4.78 is 0. The molecule has 4 rings (SSSR count). The van der Waals surface area contributed by atoms with Crippen molar-refractivity contribution in [3.05, 3.63) is 82.9 Å². The summed E-state index contributed by atoms with van der Waals surface area (Å²) >= 11 is 0. The lowest BCUT2D eigenvalue weighted by molar-refractivity contribution is 0.0766. The van der Waals surface area contributed by atoms with Crippen LogP contribution < -0.4 is 0 Å². The fourth-order valence-electron chi connectivity index (χ4n) is 3.90. The van der Waals surface area contributed by atoms with Gasteiger partial charge in [-0.15, -0.1) is 0 Å². The number of nitrogens with one attached hydrogen (secondary N) is 1. The molecule has 0 radical (unpaired) electrons. The first-order valence-electron chi connectivity index (χ1n) is 10.7. The number of hydrogen-bond acceptors (Lipinski definition) is 3. The first-order valence-corrected chi connectivity index (χ1v) is 10.7. The number of rotatable bonds is 6. The maximum absolute atomic E-state index is 13.5. The lowest BCUT2D eigenvalue weighted by Crippen LogP contribution is -2.33.